The molecule has 0 aromatic heterocycles. The molecule has 3 unspecified atom stereocenters. The number of rotatable bonds is 10. The molecule has 62 heavy (non-hydrogen) atoms. The summed E-state index contributed by atoms with van der Waals surface area (Å²) in [6.07, 6.45) is 1.99. The second kappa shape index (κ2) is 26.8. The van der Waals surface area contributed by atoms with E-state index < -0.39 is 35.5 Å². The van der Waals surface area contributed by atoms with Crippen molar-refractivity contribution >= 4 is 23.9 Å². The van der Waals surface area contributed by atoms with Crippen molar-refractivity contribution in [3.63, 3.8) is 0 Å². The molecule has 0 amide bonds. The van der Waals surface area contributed by atoms with Crippen LogP contribution >= 0.6 is 0 Å². The van der Waals surface area contributed by atoms with E-state index in [1.54, 1.807) is 43.3 Å². The Morgan fingerprint density at radius 3 is 1.40 bits per heavy atom. The zero-order valence-corrected chi connectivity index (χ0v) is 37.9. The van der Waals surface area contributed by atoms with Crippen molar-refractivity contribution in [3.05, 3.63) is 141 Å². The highest BCUT2D eigenvalue weighted by Crippen LogP contribution is 2.26. The molecule has 1 aliphatic rings. The fourth-order valence-electron chi connectivity index (χ4n) is 5.93. The van der Waals surface area contributed by atoms with Crippen LogP contribution in [0.25, 0.3) is 0 Å². The van der Waals surface area contributed by atoms with E-state index in [1.807, 2.05) is 59.7 Å². The van der Waals surface area contributed by atoms with Crippen molar-refractivity contribution in [2.24, 2.45) is 11.8 Å². The highest BCUT2D eigenvalue weighted by Gasteiger charge is 2.26. The summed E-state index contributed by atoms with van der Waals surface area (Å²) in [5.41, 5.74) is 4.01. The fraction of sp³-hybridized carbons (Fsp3) is 0.440. The molecule has 0 radical (unpaired) electrons. The first-order valence-corrected chi connectivity index (χ1v) is 20.9. The Morgan fingerprint density at radius 1 is 0.532 bits per heavy atom. The van der Waals surface area contributed by atoms with Gasteiger partial charge in [0.2, 0.25) is 0 Å². The Morgan fingerprint density at radius 2 is 1.02 bits per heavy atom. The van der Waals surface area contributed by atoms with Gasteiger partial charge in [-0.05, 0) is 126 Å². The number of aromatic carboxylic acids is 4. The zero-order chi connectivity index (χ0) is 47.4. The lowest BCUT2D eigenvalue weighted by molar-refractivity contribution is -0.0818. The van der Waals surface area contributed by atoms with Gasteiger partial charge in [0.15, 0.2) is 0 Å². The molecule has 1 aliphatic heterocycles. The molecule has 0 bridgehead atoms. The van der Waals surface area contributed by atoms with E-state index >= 15 is 0 Å². The van der Waals surface area contributed by atoms with Crippen LogP contribution in [0.2, 0.25) is 0 Å². The number of halogens is 2. The predicted octanol–water partition coefficient (Wildman–Crippen LogP) is 12.1. The molecular formula is C50H66F2O10. The number of carbonyl (C=O) groups is 4. The molecule has 4 aromatic carbocycles. The number of aliphatic hydroxyl groups is 1. The minimum atomic E-state index is -1.23. The molecule has 340 valence electrons. The third kappa shape index (κ3) is 19.1. The van der Waals surface area contributed by atoms with E-state index in [0.717, 1.165) is 30.2 Å². The molecule has 10 nitrogen and oxygen atoms in total. The maximum absolute atomic E-state index is 13.2. The number of ether oxygens (including phenoxy) is 1. The first-order chi connectivity index (χ1) is 28.9. The maximum atomic E-state index is 13.2. The first kappa shape index (κ1) is 54.6. The SMILES string of the molecule is CC(C)C1CCC(C(C)O)OC1.CC(C)c1ccc(C(=O)O)c(F)c1.CC(C)c1ccc(C(=O)O)cc1.CC(C)c1ccc(C(=O)O)cc1F.CC(C)c1cccc(C(=O)O)c1. The number of carboxylic acid groups (broad SMARTS) is 4. The number of hydrogen-bond donors (Lipinski definition) is 5. The summed E-state index contributed by atoms with van der Waals surface area (Å²) in [5, 5.41) is 43.7. The van der Waals surface area contributed by atoms with Crippen LogP contribution < -0.4 is 0 Å². The van der Waals surface area contributed by atoms with Crippen molar-refractivity contribution in [2.45, 2.75) is 125 Å². The summed E-state index contributed by atoms with van der Waals surface area (Å²) in [4.78, 5) is 42.0. The van der Waals surface area contributed by atoms with Crippen molar-refractivity contribution in [1.82, 2.24) is 0 Å². The molecule has 5 N–H and O–H groups in total. The average Bonchev–Trinajstić information content (AvgIpc) is 3.21. The van der Waals surface area contributed by atoms with Gasteiger partial charge in [0.25, 0.3) is 0 Å². The lowest BCUT2D eigenvalue weighted by atomic mass is 9.88. The Bertz CT molecular complexity index is 2000. The van der Waals surface area contributed by atoms with Gasteiger partial charge in [-0.25, -0.2) is 28.0 Å². The first-order valence-electron chi connectivity index (χ1n) is 20.9. The quantitative estimate of drug-likeness (QED) is 0.103. The van der Waals surface area contributed by atoms with Crippen LogP contribution in [0.5, 0.6) is 0 Å². The minimum absolute atomic E-state index is 0.0121. The lowest BCUT2D eigenvalue weighted by Gasteiger charge is -2.32. The van der Waals surface area contributed by atoms with Gasteiger partial charge in [0.05, 0.1) is 41.1 Å². The van der Waals surface area contributed by atoms with Gasteiger partial charge in [0, 0.05) is 0 Å². The van der Waals surface area contributed by atoms with Crippen LogP contribution in [0.15, 0.2) is 84.9 Å². The average molecular weight is 865 g/mol. The minimum Gasteiger partial charge on any atom is -0.478 e. The smallest absolute Gasteiger partial charge is 0.338 e. The van der Waals surface area contributed by atoms with Crippen LogP contribution in [0.1, 0.15) is 176 Å². The van der Waals surface area contributed by atoms with E-state index in [-0.39, 0.29) is 35.2 Å². The second-order valence-corrected chi connectivity index (χ2v) is 16.8. The Hall–Kier alpha value is -5.46. The summed E-state index contributed by atoms with van der Waals surface area (Å²) >= 11 is 0. The fourth-order valence-corrected chi connectivity index (χ4v) is 5.93. The molecule has 3 atom stereocenters. The van der Waals surface area contributed by atoms with Crippen molar-refractivity contribution in [1.29, 1.82) is 0 Å². The molecule has 4 aromatic rings. The van der Waals surface area contributed by atoms with Gasteiger partial charge in [-0.15, -0.1) is 0 Å². The van der Waals surface area contributed by atoms with Crippen LogP contribution in [0.4, 0.5) is 8.78 Å². The highest BCUT2D eigenvalue weighted by molar-refractivity contribution is 5.89. The maximum Gasteiger partial charge on any atom is 0.338 e. The number of benzene rings is 4. The number of hydrogen-bond acceptors (Lipinski definition) is 6. The Labute approximate surface area is 365 Å². The topological polar surface area (TPSA) is 179 Å². The van der Waals surface area contributed by atoms with E-state index in [9.17, 15) is 33.1 Å². The van der Waals surface area contributed by atoms with Crippen LogP contribution in [0, 0.1) is 23.5 Å². The molecule has 12 heteroatoms. The van der Waals surface area contributed by atoms with Gasteiger partial charge in [-0.1, -0.05) is 106 Å². The summed E-state index contributed by atoms with van der Waals surface area (Å²) in [5.74, 6) is -2.67. The van der Waals surface area contributed by atoms with Crippen molar-refractivity contribution in [2.75, 3.05) is 6.61 Å². The molecule has 1 heterocycles. The lowest BCUT2D eigenvalue weighted by Crippen LogP contribution is -2.35. The Balaban J connectivity index is 0.000000388. The van der Waals surface area contributed by atoms with Gasteiger partial charge >= 0.3 is 23.9 Å². The molecule has 1 saturated heterocycles. The van der Waals surface area contributed by atoms with Gasteiger partial charge in [-0.2, -0.15) is 0 Å². The van der Waals surface area contributed by atoms with E-state index in [2.05, 4.69) is 27.7 Å². The van der Waals surface area contributed by atoms with E-state index in [0.29, 0.717) is 40.4 Å². The standard InChI is InChI=1S/2C10H11FO2.C10H20O2.2C10H12O2/c1-6(2)8-4-3-7(10(12)13)5-9(8)11;1-6(2)7-3-4-8(10(12)13)9(11)5-7;1-7(2)9-4-5-10(8(3)11)12-6-9;1-7(2)8-3-5-9(6-4-8)10(11)12;1-7(2)8-4-3-5-9(6-8)10(11)12/h2*3-6H,1-2H3,(H,12,13);7-11H,4-6H2,1-3H3;2*3-7H,1-2H3,(H,11,12). The third-order valence-electron chi connectivity index (χ3n) is 10.2. The summed E-state index contributed by atoms with van der Waals surface area (Å²) in [6.45, 7) is 22.9. The van der Waals surface area contributed by atoms with E-state index in [4.69, 9.17) is 25.2 Å². The largest absolute Gasteiger partial charge is 0.478 e. The number of aliphatic hydroxyl groups excluding tert-OH is 1. The normalized spacial score (nSPS) is 14.9. The second-order valence-electron chi connectivity index (χ2n) is 16.8. The highest BCUT2D eigenvalue weighted by atomic mass is 19.1. The number of carboxylic acids is 4. The van der Waals surface area contributed by atoms with Crippen molar-refractivity contribution in [3.8, 4) is 0 Å². The summed E-state index contributed by atoms with van der Waals surface area (Å²) in [7, 11) is 0. The monoisotopic (exact) mass is 864 g/mol. The van der Waals surface area contributed by atoms with Crippen LogP contribution in [-0.2, 0) is 4.74 Å². The molecule has 0 saturated carbocycles. The summed E-state index contributed by atoms with van der Waals surface area (Å²) in [6, 6.07) is 22.2. The van der Waals surface area contributed by atoms with Gasteiger partial charge < -0.3 is 30.3 Å². The Kier molecular flexibility index (Phi) is 23.6. The van der Waals surface area contributed by atoms with Gasteiger partial charge in [-0.3, -0.25) is 0 Å². The molecule has 0 aliphatic carbocycles. The van der Waals surface area contributed by atoms with Crippen LogP contribution in [0.3, 0.4) is 0 Å². The van der Waals surface area contributed by atoms with E-state index in [1.165, 1.54) is 36.2 Å². The third-order valence-corrected chi connectivity index (χ3v) is 10.2. The molecular weight excluding hydrogens is 799 g/mol. The molecule has 1 fully saturated rings. The summed E-state index contributed by atoms with van der Waals surface area (Å²) < 4.78 is 31.8. The molecule has 5 rings (SSSR count). The van der Waals surface area contributed by atoms with Gasteiger partial charge in [0.1, 0.15) is 11.6 Å². The zero-order valence-electron chi connectivity index (χ0n) is 37.9. The predicted molar refractivity (Wildman–Crippen MR) is 239 cm³/mol. The molecule has 0 spiro atoms. The van der Waals surface area contributed by atoms with Crippen molar-refractivity contribution < 1.29 is 58.2 Å². The van der Waals surface area contributed by atoms with Crippen LogP contribution in [-0.4, -0.2) is 68.2 Å².